The molecule has 3 aromatic carbocycles. The van der Waals surface area contributed by atoms with Crippen molar-refractivity contribution in [3.05, 3.63) is 78.6 Å². The highest BCUT2D eigenvalue weighted by Crippen LogP contribution is 2.22. The van der Waals surface area contributed by atoms with Crippen LogP contribution in [0.15, 0.2) is 78.0 Å². The van der Waals surface area contributed by atoms with Crippen molar-refractivity contribution in [2.24, 2.45) is 7.05 Å². The Morgan fingerprint density at radius 1 is 0.912 bits per heavy atom. The Bertz CT molecular complexity index is 1270. The first-order valence-electron chi connectivity index (χ1n) is 11.4. The first-order chi connectivity index (χ1) is 16.7. The molecule has 5 rings (SSSR count). The maximum atomic E-state index is 12.8. The molecule has 0 atom stereocenters. The van der Waals surface area contributed by atoms with Crippen LogP contribution < -0.4 is 9.64 Å². The third-order valence-electron chi connectivity index (χ3n) is 6.09. The number of nitrogens with zero attached hydrogens (tertiary/aromatic N) is 5. The maximum absolute atomic E-state index is 12.8. The highest BCUT2D eigenvalue weighted by atomic mass is 32.2. The molecule has 1 aromatic heterocycles. The van der Waals surface area contributed by atoms with E-state index in [2.05, 4.69) is 39.4 Å². The van der Waals surface area contributed by atoms with Gasteiger partial charge in [-0.05, 0) is 35.0 Å². The van der Waals surface area contributed by atoms with Crippen LogP contribution in [0.1, 0.15) is 5.82 Å². The van der Waals surface area contributed by atoms with Gasteiger partial charge < -0.3 is 19.1 Å². The van der Waals surface area contributed by atoms with E-state index in [-0.39, 0.29) is 5.91 Å². The summed E-state index contributed by atoms with van der Waals surface area (Å²) in [5.74, 6) is 2.00. The monoisotopic (exact) mass is 473 g/mol. The third-order valence-corrected chi connectivity index (χ3v) is 7.10. The van der Waals surface area contributed by atoms with Crippen LogP contribution in [0, 0.1) is 0 Å². The summed E-state index contributed by atoms with van der Waals surface area (Å²) in [6, 6.07) is 24.6. The number of ether oxygens (including phenoxy) is 1. The van der Waals surface area contributed by atoms with Crippen LogP contribution >= 0.6 is 11.8 Å². The second-order valence-corrected chi connectivity index (χ2v) is 9.19. The predicted octanol–water partition coefficient (Wildman–Crippen LogP) is 3.99. The van der Waals surface area contributed by atoms with Gasteiger partial charge in [0.15, 0.2) is 11.0 Å². The number of fused-ring (bicyclic) bond motifs is 1. The topological polar surface area (TPSA) is 63.5 Å². The highest BCUT2D eigenvalue weighted by molar-refractivity contribution is 7.99. The average molecular weight is 474 g/mol. The molecule has 8 heteroatoms. The average Bonchev–Trinajstić information content (AvgIpc) is 3.25. The molecule has 1 amide bonds. The predicted molar refractivity (Wildman–Crippen MR) is 135 cm³/mol. The second kappa shape index (κ2) is 10.2. The van der Waals surface area contributed by atoms with Gasteiger partial charge in [0.25, 0.3) is 0 Å². The smallest absolute Gasteiger partial charge is 0.233 e. The summed E-state index contributed by atoms with van der Waals surface area (Å²) in [5.41, 5.74) is 1.21. The summed E-state index contributed by atoms with van der Waals surface area (Å²) in [4.78, 5) is 17.0. The molecule has 4 aromatic rings. The van der Waals surface area contributed by atoms with Gasteiger partial charge in [-0.2, -0.15) is 0 Å². The van der Waals surface area contributed by atoms with Crippen LogP contribution in [0.5, 0.6) is 5.75 Å². The van der Waals surface area contributed by atoms with E-state index in [1.54, 1.807) is 0 Å². The number of para-hydroxylation sites is 1. The van der Waals surface area contributed by atoms with Gasteiger partial charge in [-0.15, -0.1) is 10.2 Å². The molecule has 0 N–H and O–H groups in total. The highest BCUT2D eigenvalue weighted by Gasteiger charge is 2.22. The number of carbonyl (C=O) groups excluding carboxylic acids is 1. The number of hydrogen-bond donors (Lipinski definition) is 0. The van der Waals surface area contributed by atoms with Crippen molar-refractivity contribution >= 4 is 34.1 Å². The Morgan fingerprint density at radius 3 is 2.44 bits per heavy atom. The number of amides is 1. The van der Waals surface area contributed by atoms with E-state index in [4.69, 9.17) is 4.74 Å². The van der Waals surface area contributed by atoms with Crippen LogP contribution in [0.4, 0.5) is 5.69 Å². The van der Waals surface area contributed by atoms with E-state index in [9.17, 15) is 4.79 Å². The maximum Gasteiger partial charge on any atom is 0.233 e. The molecule has 174 valence electrons. The number of benzene rings is 3. The molecule has 7 nitrogen and oxygen atoms in total. The fourth-order valence-electron chi connectivity index (χ4n) is 4.07. The van der Waals surface area contributed by atoms with Gasteiger partial charge in [0.2, 0.25) is 5.91 Å². The Hall–Kier alpha value is -3.52. The minimum atomic E-state index is 0.134. The molecule has 0 bridgehead atoms. The molecule has 1 saturated heterocycles. The molecule has 0 spiro atoms. The Labute approximate surface area is 203 Å². The molecule has 0 radical (unpaired) electrons. The SMILES string of the molecule is Cn1c(COc2ccc3ccccc3c2)nnc1SCC(=O)N1CCN(c2ccccc2)CC1. The molecular weight excluding hydrogens is 446 g/mol. The van der Waals surface area contributed by atoms with E-state index in [1.165, 1.54) is 22.8 Å². The van der Waals surface area contributed by atoms with Crippen molar-refractivity contribution in [2.75, 3.05) is 36.8 Å². The lowest BCUT2D eigenvalue weighted by Gasteiger charge is -2.36. The van der Waals surface area contributed by atoms with E-state index in [0.29, 0.717) is 17.5 Å². The molecule has 1 fully saturated rings. The van der Waals surface area contributed by atoms with Gasteiger partial charge in [-0.1, -0.05) is 60.3 Å². The molecule has 0 saturated carbocycles. The quantitative estimate of drug-likeness (QED) is 0.378. The van der Waals surface area contributed by atoms with Crippen molar-refractivity contribution in [3.8, 4) is 5.75 Å². The molecule has 1 aliphatic heterocycles. The number of carbonyl (C=O) groups is 1. The number of anilines is 1. The molecule has 1 aliphatic rings. The van der Waals surface area contributed by atoms with Crippen molar-refractivity contribution in [3.63, 3.8) is 0 Å². The number of hydrogen-bond acceptors (Lipinski definition) is 6. The van der Waals surface area contributed by atoms with Gasteiger partial charge in [0, 0.05) is 38.9 Å². The van der Waals surface area contributed by atoms with Gasteiger partial charge in [0.1, 0.15) is 12.4 Å². The number of aromatic nitrogens is 3. The van der Waals surface area contributed by atoms with E-state index < -0.39 is 0 Å². The standard InChI is InChI=1S/C26H27N5O2S/c1-29-24(18-33-23-12-11-20-7-5-6-8-21(20)17-23)27-28-26(29)34-19-25(32)31-15-13-30(14-16-31)22-9-3-2-4-10-22/h2-12,17H,13-16,18-19H2,1H3. The molecular formula is C26H27N5O2S. The minimum Gasteiger partial charge on any atom is -0.486 e. The van der Waals surface area contributed by atoms with Crippen LogP contribution in [0.3, 0.4) is 0 Å². The molecule has 0 aliphatic carbocycles. The fourth-order valence-corrected chi connectivity index (χ4v) is 4.90. The Kier molecular flexibility index (Phi) is 6.67. The lowest BCUT2D eigenvalue weighted by Crippen LogP contribution is -2.49. The zero-order valence-corrected chi connectivity index (χ0v) is 19.9. The summed E-state index contributed by atoms with van der Waals surface area (Å²) in [6.45, 7) is 3.48. The normalized spacial score (nSPS) is 13.9. The van der Waals surface area contributed by atoms with Crippen LogP contribution in [-0.4, -0.2) is 57.5 Å². The van der Waals surface area contributed by atoms with Crippen molar-refractivity contribution < 1.29 is 9.53 Å². The first-order valence-corrected chi connectivity index (χ1v) is 12.4. The van der Waals surface area contributed by atoms with Crippen LogP contribution in [0.2, 0.25) is 0 Å². The summed E-state index contributed by atoms with van der Waals surface area (Å²) in [7, 11) is 1.91. The molecule has 2 heterocycles. The Balaban J connectivity index is 1.12. The zero-order valence-electron chi connectivity index (χ0n) is 19.1. The largest absolute Gasteiger partial charge is 0.486 e. The zero-order chi connectivity index (χ0) is 23.3. The number of thioether (sulfide) groups is 1. The summed E-state index contributed by atoms with van der Waals surface area (Å²) >= 11 is 1.42. The van der Waals surface area contributed by atoms with E-state index in [0.717, 1.165) is 43.1 Å². The molecule has 34 heavy (non-hydrogen) atoms. The lowest BCUT2D eigenvalue weighted by atomic mass is 10.1. The van der Waals surface area contributed by atoms with Crippen LogP contribution in [0.25, 0.3) is 10.8 Å². The first kappa shape index (κ1) is 22.3. The van der Waals surface area contributed by atoms with Gasteiger partial charge in [0.05, 0.1) is 5.75 Å². The fraction of sp³-hybridized carbons (Fsp3) is 0.269. The summed E-state index contributed by atoms with van der Waals surface area (Å²) in [6.07, 6.45) is 0. The second-order valence-electron chi connectivity index (χ2n) is 8.25. The molecule has 0 unspecified atom stereocenters. The van der Waals surface area contributed by atoms with Crippen LogP contribution in [-0.2, 0) is 18.4 Å². The summed E-state index contributed by atoms with van der Waals surface area (Å²) < 4.78 is 7.84. The van der Waals surface area contributed by atoms with Crippen molar-refractivity contribution in [1.29, 1.82) is 0 Å². The summed E-state index contributed by atoms with van der Waals surface area (Å²) in [5, 5.41) is 11.6. The minimum absolute atomic E-state index is 0.134. The van der Waals surface area contributed by atoms with Crippen molar-refractivity contribution in [1.82, 2.24) is 19.7 Å². The van der Waals surface area contributed by atoms with Gasteiger partial charge in [-0.25, -0.2) is 0 Å². The lowest BCUT2D eigenvalue weighted by molar-refractivity contribution is -0.128. The van der Waals surface area contributed by atoms with E-state index >= 15 is 0 Å². The third kappa shape index (κ3) is 5.02. The van der Waals surface area contributed by atoms with Crippen molar-refractivity contribution in [2.45, 2.75) is 11.8 Å². The van der Waals surface area contributed by atoms with Gasteiger partial charge in [-0.3, -0.25) is 4.79 Å². The number of rotatable bonds is 7. The van der Waals surface area contributed by atoms with Gasteiger partial charge >= 0.3 is 0 Å². The number of piperazine rings is 1. The Morgan fingerprint density at radius 2 is 1.65 bits per heavy atom. The van der Waals surface area contributed by atoms with E-state index in [1.807, 2.05) is 65.0 Å².